The zero-order chi connectivity index (χ0) is 22.8. The zero-order valence-electron chi connectivity index (χ0n) is 18.6. The lowest BCUT2D eigenvalue weighted by Gasteiger charge is -2.24. The van der Waals surface area contributed by atoms with Gasteiger partial charge in [-0.25, -0.2) is 5.43 Å². The van der Waals surface area contributed by atoms with Crippen LogP contribution in [0.2, 0.25) is 0 Å². The number of benzene rings is 2. The summed E-state index contributed by atoms with van der Waals surface area (Å²) in [7, 11) is 0. The van der Waals surface area contributed by atoms with Gasteiger partial charge in [0.15, 0.2) is 0 Å². The predicted molar refractivity (Wildman–Crippen MR) is 126 cm³/mol. The van der Waals surface area contributed by atoms with Gasteiger partial charge in [-0.05, 0) is 44.9 Å². The minimum atomic E-state index is -0.435. The van der Waals surface area contributed by atoms with Crippen molar-refractivity contribution >= 4 is 29.2 Å². The van der Waals surface area contributed by atoms with Crippen LogP contribution in [0.5, 0.6) is 0 Å². The lowest BCUT2D eigenvalue weighted by atomic mass is 10.1. The molecular weight excluding hydrogens is 394 g/mol. The van der Waals surface area contributed by atoms with Gasteiger partial charge in [0.25, 0.3) is 11.6 Å². The van der Waals surface area contributed by atoms with Gasteiger partial charge >= 0.3 is 0 Å². The first-order chi connectivity index (χ1) is 14.8. The van der Waals surface area contributed by atoms with Crippen molar-refractivity contribution in [1.82, 2.24) is 5.43 Å². The molecule has 2 aromatic carbocycles. The van der Waals surface area contributed by atoms with Gasteiger partial charge in [-0.2, -0.15) is 5.10 Å². The van der Waals surface area contributed by atoms with Crippen LogP contribution in [0.1, 0.15) is 43.4 Å². The Kier molecular flexibility index (Phi) is 8.99. The fourth-order valence-corrected chi connectivity index (χ4v) is 3.25. The van der Waals surface area contributed by atoms with Crippen LogP contribution in [0.25, 0.3) is 0 Å². The van der Waals surface area contributed by atoms with Crippen molar-refractivity contribution in [2.75, 3.05) is 29.9 Å². The highest BCUT2D eigenvalue weighted by Gasteiger charge is 2.14. The maximum absolute atomic E-state index is 12.2. The molecule has 0 aliphatic carbocycles. The van der Waals surface area contributed by atoms with E-state index in [2.05, 4.69) is 27.7 Å². The van der Waals surface area contributed by atoms with Crippen molar-refractivity contribution in [3.05, 3.63) is 63.2 Å². The first-order valence-electron chi connectivity index (χ1n) is 10.5. The van der Waals surface area contributed by atoms with E-state index in [1.54, 1.807) is 6.07 Å². The average Bonchev–Trinajstić information content (AvgIpc) is 2.74. The summed E-state index contributed by atoms with van der Waals surface area (Å²) in [6, 6.07) is 10.7. The Morgan fingerprint density at radius 1 is 1.19 bits per heavy atom. The molecule has 2 aromatic rings. The molecule has 0 radical (unpaired) electrons. The molecular formula is C23H31N5O3. The summed E-state index contributed by atoms with van der Waals surface area (Å²) >= 11 is 0. The van der Waals surface area contributed by atoms with Crippen LogP contribution in [0, 0.1) is 24.0 Å². The van der Waals surface area contributed by atoms with Crippen LogP contribution < -0.4 is 15.6 Å². The van der Waals surface area contributed by atoms with E-state index in [9.17, 15) is 14.9 Å². The van der Waals surface area contributed by atoms with Gasteiger partial charge in [0.2, 0.25) is 0 Å². The zero-order valence-corrected chi connectivity index (χ0v) is 18.6. The monoisotopic (exact) mass is 425 g/mol. The molecule has 0 atom stereocenters. The summed E-state index contributed by atoms with van der Waals surface area (Å²) in [6.45, 7) is 9.84. The number of rotatable bonds is 11. The molecule has 2 N–H and O–H groups in total. The molecule has 0 heterocycles. The second kappa shape index (κ2) is 11.7. The first kappa shape index (κ1) is 23.9. The van der Waals surface area contributed by atoms with Crippen LogP contribution in [0.15, 0.2) is 41.5 Å². The van der Waals surface area contributed by atoms with Gasteiger partial charge in [-0.3, -0.25) is 14.9 Å². The fourth-order valence-electron chi connectivity index (χ4n) is 3.25. The van der Waals surface area contributed by atoms with Crippen molar-refractivity contribution in [2.24, 2.45) is 5.10 Å². The number of carbonyl (C=O) groups is 1. The topological polar surface area (TPSA) is 99.9 Å². The Morgan fingerprint density at radius 2 is 1.97 bits per heavy atom. The molecule has 8 heteroatoms. The van der Waals surface area contributed by atoms with Crippen LogP contribution >= 0.6 is 0 Å². The molecule has 0 saturated carbocycles. The maximum Gasteiger partial charge on any atom is 0.270 e. The highest BCUT2D eigenvalue weighted by atomic mass is 16.6. The highest BCUT2D eigenvalue weighted by molar-refractivity contribution is 5.90. The SMILES string of the molecule is CCCCN(CC)c1ccc([N+](=O)[O-])cc1/C=N/NC(=O)CNc1ccc(C)cc1C. The van der Waals surface area contributed by atoms with Gasteiger partial charge in [-0.15, -0.1) is 0 Å². The van der Waals surface area contributed by atoms with Gasteiger partial charge in [-0.1, -0.05) is 31.0 Å². The van der Waals surface area contributed by atoms with Crippen molar-refractivity contribution < 1.29 is 9.72 Å². The molecule has 0 aromatic heterocycles. The van der Waals surface area contributed by atoms with Crippen molar-refractivity contribution in [3.63, 3.8) is 0 Å². The molecule has 8 nitrogen and oxygen atoms in total. The third-order valence-corrected chi connectivity index (χ3v) is 4.94. The number of aryl methyl sites for hydroxylation is 2. The van der Waals surface area contributed by atoms with E-state index in [1.807, 2.05) is 39.0 Å². The number of hydrogen-bond acceptors (Lipinski definition) is 6. The summed E-state index contributed by atoms with van der Waals surface area (Å²) in [4.78, 5) is 25.1. The first-order valence-corrected chi connectivity index (χ1v) is 10.5. The molecule has 0 saturated heterocycles. The Labute approximate surface area is 183 Å². The third kappa shape index (κ3) is 7.09. The summed E-state index contributed by atoms with van der Waals surface area (Å²) < 4.78 is 0. The Balaban J connectivity index is 2.09. The molecule has 0 aliphatic heterocycles. The third-order valence-electron chi connectivity index (χ3n) is 4.94. The number of nitro benzene ring substituents is 1. The maximum atomic E-state index is 12.2. The average molecular weight is 426 g/mol. The summed E-state index contributed by atoms with van der Waals surface area (Å²) in [5, 5.41) is 18.3. The minimum absolute atomic E-state index is 0.0143. The molecule has 0 spiro atoms. The second-order valence-electron chi connectivity index (χ2n) is 7.40. The molecule has 0 unspecified atom stereocenters. The van der Waals surface area contributed by atoms with Gasteiger partial charge in [0, 0.05) is 42.2 Å². The van der Waals surface area contributed by atoms with Crippen molar-refractivity contribution in [2.45, 2.75) is 40.5 Å². The molecule has 31 heavy (non-hydrogen) atoms. The lowest BCUT2D eigenvalue weighted by Crippen LogP contribution is -2.27. The van der Waals surface area contributed by atoms with Crippen LogP contribution in [-0.2, 0) is 4.79 Å². The van der Waals surface area contributed by atoms with Gasteiger partial charge < -0.3 is 10.2 Å². The van der Waals surface area contributed by atoms with Crippen molar-refractivity contribution in [3.8, 4) is 0 Å². The molecule has 0 fully saturated rings. The number of amides is 1. The predicted octanol–water partition coefficient (Wildman–Crippen LogP) is 4.40. The number of hydrazone groups is 1. The summed E-state index contributed by atoms with van der Waals surface area (Å²) in [5.74, 6) is -0.304. The number of carbonyl (C=O) groups excluding carboxylic acids is 1. The Bertz CT molecular complexity index is 943. The molecule has 166 valence electrons. The quantitative estimate of drug-likeness (QED) is 0.316. The number of hydrogen-bond donors (Lipinski definition) is 2. The highest BCUT2D eigenvalue weighted by Crippen LogP contribution is 2.24. The van der Waals surface area contributed by atoms with Crippen LogP contribution in [0.3, 0.4) is 0 Å². The Morgan fingerprint density at radius 3 is 2.61 bits per heavy atom. The normalized spacial score (nSPS) is 10.8. The number of anilines is 2. The fraction of sp³-hybridized carbons (Fsp3) is 0.391. The standard InChI is InChI=1S/C23H31N5O3/c1-5-7-12-27(6-2)22-11-9-20(28(30)31)14-19(22)15-25-26-23(29)16-24-21-10-8-17(3)13-18(21)4/h8-11,13-15,24H,5-7,12,16H2,1-4H3,(H,26,29)/b25-15+. The van der Waals surface area contributed by atoms with Gasteiger partial charge in [0.1, 0.15) is 0 Å². The van der Waals surface area contributed by atoms with E-state index in [0.717, 1.165) is 48.4 Å². The molecule has 0 aliphatic rings. The van der Waals surface area contributed by atoms with E-state index >= 15 is 0 Å². The second-order valence-corrected chi connectivity index (χ2v) is 7.40. The van der Waals surface area contributed by atoms with E-state index in [4.69, 9.17) is 0 Å². The Hall–Kier alpha value is -3.42. The van der Waals surface area contributed by atoms with Crippen molar-refractivity contribution in [1.29, 1.82) is 0 Å². The molecule has 0 bridgehead atoms. The summed E-state index contributed by atoms with van der Waals surface area (Å²) in [5.41, 5.74) is 7.03. The summed E-state index contributed by atoms with van der Waals surface area (Å²) in [6.07, 6.45) is 3.53. The van der Waals surface area contributed by atoms with E-state index in [-0.39, 0.29) is 18.1 Å². The van der Waals surface area contributed by atoms with Gasteiger partial charge in [0.05, 0.1) is 17.7 Å². The smallest absolute Gasteiger partial charge is 0.270 e. The number of unbranched alkanes of at least 4 members (excludes halogenated alkanes) is 1. The van der Waals surface area contributed by atoms with E-state index < -0.39 is 4.92 Å². The number of non-ortho nitro benzene ring substituents is 1. The van der Waals surface area contributed by atoms with E-state index in [1.165, 1.54) is 18.3 Å². The lowest BCUT2D eigenvalue weighted by molar-refractivity contribution is -0.384. The number of nitrogens with zero attached hydrogens (tertiary/aromatic N) is 3. The largest absolute Gasteiger partial charge is 0.376 e. The molecule has 1 amide bonds. The number of nitro groups is 1. The van der Waals surface area contributed by atoms with Crippen LogP contribution in [-0.4, -0.2) is 36.7 Å². The van der Waals surface area contributed by atoms with E-state index in [0.29, 0.717) is 5.56 Å². The minimum Gasteiger partial charge on any atom is -0.376 e. The number of nitrogens with one attached hydrogen (secondary N) is 2. The van der Waals surface area contributed by atoms with Crippen LogP contribution in [0.4, 0.5) is 17.1 Å². The molecule has 2 rings (SSSR count).